The standard InChI is InChI=1S/C23H22FN3O4S2/c24-13-5-7-14(8-6-13)25-20(28)12-32-23-27-18-10-9-15(11-19(18)33-23)26-21(29)16-3-1-2-4-17(16)22(30)31/h5-11,16-17H,1-4,12H2,(H,25,28)(H,26,29)(H,30,31)/t16-,17-/m0/s1. The van der Waals surface area contributed by atoms with E-state index in [4.69, 9.17) is 0 Å². The molecule has 7 nitrogen and oxygen atoms in total. The summed E-state index contributed by atoms with van der Waals surface area (Å²) in [6, 6.07) is 10.9. The van der Waals surface area contributed by atoms with E-state index >= 15 is 0 Å². The molecule has 172 valence electrons. The molecule has 10 heteroatoms. The van der Waals surface area contributed by atoms with Gasteiger partial charge in [0.05, 0.1) is 27.8 Å². The second kappa shape index (κ2) is 10.3. The van der Waals surface area contributed by atoms with Crippen molar-refractivity contribution in [1.82, 2.24) is 4.98 Å². The Morgan fingerprint density at radius 1 is 1.03 bits per heavy atom. The molecule has 0 aliphatic heterocycles. The first-order chi connectivity index (χ1) is 15.9. The minimum Gasteiger partial charge on any atom is -0.481 e. The molecule has 33 heavy (non-hydrogen) atoms. The van der Waals surface area contributed by atoms with Crippen molar-refractivity contribution in [2.24, 2.45) is 11.8 Å². The molecule has 0 bridgehead atoms. The number of halogens is 1. The number of fused-ring (bicyclic) bond motifs is 1. The van der Waals surface area contributed by atoms with E-state index in [1.807, 2.05) is 6.07 Å². The van der Waals surface area contributed by atoms with Crippen molar-refractivity contribution in [1.29, 1.82) is 0 Å². The number of thiazole rings is 1. The van der Waals surface area contributed by atoms with Crippen LogP contribution in [-0.2, 0) is 14.4 Å². The van der Waals surface area contributed by atoms with Crippen LogP contribution < -0.4 is 10.6 Å². The molecule has 0 unspecified atom stereocenters. The normalized spacial score (nSPS) is 18.1. The molecule has 1 fully saturated rings. The summed E-state index contributed by atoms with van der Waals surface area (Å²) in [5.74, 6) is -2.80. The topological polar surface area (TPSA) is 108 Å². The summed E-state index contributed by atoms with van der Waals surface area (Å²) in [5.41, 5.74) is 1.87. The lowest BCUT2D eigenvalue weighted by atomic mass is 9.78. The zero-order chi connectivity index (χ0) is 23.4. The maximum Gasteiger partial charge on any atom is 0.307 e. The van der Waals surface area contributed by atoms with Crippen LogP contribution in [0.25, 0.3) is 10.2 Å². The van der Waals surface area contributed by atoms with Crippen molar-refractivity contribution in [3.63, 3.8) is 0 Å². The number of carboxylic acids is 1. The lowest BCUT2D eigenvalue weighted by molar-refractivity contribution is -0.147. The third kappa shape index (κ3) is 5.88. The summed E-state index contributed by atoms with van der Waals surface area (Å²) in [4.78, 5) is 40.9. The summed E-state index contributed by atoms with van der Waals surface area (Å²) < 4.78 is 14.5. The highest BCUT2D eigenvalue weighted by molar-refractivity contribution is 8.01. The van der Waals surface area contributed by atoms with Crippen molar-refractivity contribution >= 4 is 62.5 Å². The molecular formula is C23H22FN3O4S2. The fourth-order valence-corrected chi connectivity index (χ4v) is 5.78. The quantitative estimate of drug-likeness (QED) is 0.405. The highest BCUT2D eigenvalue weighted by Gasteiger charge is 2.35. The summed E-state index contributed by atoms with van der Waals surface area (Å²) >= 11 is 2.70. The van der Waals surface area contributed by atoms with Crippen molar-refractivity contribution in [3.05, 3.63) is 48.3 Å². The highest BCUT2D eigenvalue weighted by atomic mass is 32.2. The number of carbonyl (C=O) groups excluding carboxylic acids is 2. The van der Waals surface area contributed by atoms with E-state index in [1.165, 1.54) is 47.4 Å². The minimum atomic E-state index is -0.919. The van der Waals surface area contributed by atoms with Crippen LogP contribution >= 0.6 is 23.1 Å². The van der Waals surface area contributed by atoms with Gasteiger partial charge in [-0.25, -0.2) is 9.37 Å². The van der Waals surface area contributed by atoms with Crippen molar-refractivity contribution in [3.8, 4) is 0 Å². The smallest absolute Gasteiger partial charge is 0.307 e. The average molecular weight is 488 g/mol. The monoisotopic (exact) mass is 487 g/mol. The van der Waals surface area contributed by atoms with E-state index < -0.39 is 17.8 Å². The van der Waals surface area contributed by atoms with Gasteiger partial charge in [0.1, 0.15) is 5.82 Å². The van der Waals surface area contributed by atoms with Crippen molar-refractivity contribution < 1.29 is 23.9 Å². The SMILES string of the molecule is O=C(CSc1nc2ccc(NC(=O)[C@H]3CCCC[C@@H]3C(=O)O)cc2s1)Nc1ccc(F)cc1. The number of benzene rings is 2. The molecule has 4 rings (SSSR count). The fraction of sp³-hybridized carbons (Fsp3) is 0.304. The van der Waals surface area contributed by atoms with E-state index in [2.05, 4.69) is 15.6 Å². The molecule has 1 saturated carbocycles. The predicted octanol–water partition coefficient (Wildman–Crippen LogP) is 5.00. The molecule has 0 saturated heterocycles. The molecule has 1 aliphatic rings. The first-order valence-corrected chi connectivity index (χ1v) is 12.3. The predicted molar refractivity (Wildman–Crippen MR) is 127 cm³/mol. The zero-order valence-corrected chi connectivity index (χ0v) is 19.2. The summed E-state index contributed by atoms with van der Waals surface area (Å²) in [6.07, 6.45) is 2.78. The number of nitrogens with one attached hydrogen (secondary N) is 2. The second-order valence-corrected chi connectivity index (χ2v) is 10.1. The largest absolute Gasteiger partial charge is 0.481 e. The van der Waals surface area contributed by atoms with E-state index in [9.17, 15) is 23.9 Å². The van der Waals surface area contributed by atoms with Crippen molar-refractivity contribution in [2.75, 3.05) is 16.4 Å². The van der Waals surface area contributed by atoms with Crippen LogP contribution in [0.5, 0.6) is 0 Å². The van der Waals surface area contributed by atoms with Crippen LogP contribution in [0.15, 0.2) is 46.8 Å². The van der Waals surface area contributed by atoms with Crippen LogP contribution in [0.2, 0.25) is 0 Å². The van der Waals surface area contributed by atoms with Gasteiger partial charge < -0.3 is 15.7 Å². The van der Waals surface area contributed by atoms with Gasteiger partial charge in [0, 0.05) is 11.4 Å². The molecule has 3 N–H and O–H groups in total. The van der Waals surface area contributed by atoms with Gasteiger partial charge in [0.25, 0.3) is 0 Å². The van der Waals surface area contributed by atoms with Gasteiger partial charge >= 0.3 is 5.97 Å². The number of anilines is 2. The van der Waals surface area contributed by atoms with Crippen LogP contribution in [-0.4, -0.2) is 33.6 Å². The molecule has 3 aromatic rings. The molecule has 0 spiro atoms. The Kier molecular flexibility index (Phi) is 7.24. The lowest BCUT2D eigenvalue weighted by Crippen LogP contribution is -2.36. The highest BCUT2D eigenvalue weighted by Crippen LogP contribution is 2.33. The van der Waals surface area contributed by atoms with Crippen molar-refractivity contribution in [2.45, 2.75) is 30.0 Å². The molecule has 2 amide bonds. The number of carbonyl (C=O) groups is 3. The van der Waals surface area contributed by atoms with E-state index in [0.29, 0.717) is 28.6 Å². The zero-order valence-electron chi connectivity index (χ0n) is 17.5. The molecule has 2 atom stereocenters. The van der Waals surface area contributed by atoms with Crippen LogP contribution in [0, 0.1) is 17.7 Å². The number of rotatable bonds is 7. The van der Waals surface area contributed by atoms with Gasteiger partial charge in [0.15, 0.2) is 4.34 Å². The van der Waals surface area contributed by atoms with Gasteiger partial charge in [-0.3, -0.25) is 14.4 Å². The Morgan fingerprint density at radius 2 is 1.73 bits per heavy atom. The minimum absolute atomic E-state index is 0.152. The van der Waals surface area contributed by atoms with Gasteiger partial charge in [-0.05, 0) is 55.3 Å². The maximum absolute atomic E-state index is 13.0. The molecule has 0 radical (unpaired) electrons. The second-order valence-electron chi connectivity index (χ2n) is 7.83. The Morgan fingerprint density at radius 3 is 2.45 bits per heavy atom. The Balaban J connectivity index is 1.36. The number of hydrogen-bond donors (Lipinski definition) is 3. The molecule has 1 heterocycles. The molecule has 1 aliphatic carbocycles. The molecule has 2 aromatic carbocycles. The Labute approximate surface area is 197 Å². The first kappa shape index (κ1) is 23.2. The van der Waals surface area contributed by atoms with Crippen LogP contribution in [0.4, 0.5) is 15.8 Å². The third-order valence-corrected chi connectivity index (χ3v) is 7.67. The van der Waals surface area contributed by atoms with E-state index in [1.54, 1.807) is 12.1 Å². The Bertz CT molecular complexity index is 1180. The van der Waals surface area contributed by atoms with Gasteiger partial charge in [-0.15, -0.1) is 11.3 Å². The number of amides is 2. The van der Waals surface area contributed by atoms with Crippen LogP contribution in [0.3, 0.4) is 0 Å². The number of carboxylic acid groups (broad SMARTS) is 1. The summed E-state index contributed by atoms with van der Waals surface area (Å²) in [5, 5.41) is 15.0. The number of aliphatic carboxylic acids is 1. The van der Waals surface area contributed by atoms with E-state index in [-0.39, 0.29) is 23.4 Å². The van der Waals surface area contributed by atoms with Gasteiger partial charge in [-0.2, -0.15) is 0 Å². The van der Waals surface area contributed by atoms with Crippen LogP contribution in [0.1, 0.15) is 25.7 Å². The van der Waals surface area contributed by atoms with Gasteiger partial charge in [-0.1, -0.05) is 24.6 Å². The fourth-order valence-electron chi connectivity index (χ4n) is 3.88. The van der Waals surface area contributed by atoms with Gasteiger partial charge in [0.2, 0.25) is 11.8 Å². The third-order valence-electron chi connectivity index (χ3n) is 5.51. The first-order valence-electron chi connectivity index (χ1n) is 10.5. The maximum atomic E-state index is 13.0. The number of hydrogen-bond acceptors (Lipinski definition) is 6. The van der Waals surface area contributed by atoms with E-state index in [0.717, 1.165) is 23.1 Å². The molecular weight excluding hydrogens is 465 g/mol. The molecule has 1 aromatic heterocycles. The Hall–Kier alpha value is -2.98. The number of nitrogens with zero attached hydrogens (tertiary/aromatic N) is 1. The lowest BCUT2D eigenvalue weighted by Gasteiger charge is -2.27. The average Bonchev–Trinajstić information content (AvgIpc) is 3.21. The number of aromatic nitrogens is 1. The summed E-state index contributed by atoms with van der Waals surface area (Å²) in [6.45, 7) is 0. The number of thioether (sulfide) groups is 1. The summed E-state index contributed by atoms with van der Waals surface area (Å²) in [7, 11) is 0.